The van der Waals surface area contributed by atoms with Gasteiger partial charge in [0.1, 0.15) is 0 Å². The fourth-order valence-corrected chi connectivity index (χ4v) is 3.30. The molecule has 1 aliphatic rings. The molecule has 1 heterocycles. The molecule has 0 saturated carbocycles. The number of ether oxygens (including phenoxy) is 1. The quantitative estimate of drug-likeness (QED) is 0.653. The zero-order valence-corrected chi connectivity index (χ0v) is 13.3. The second kappa shape index (κ2) is 8.46. The van der Waals surface area contributed by atoms with Crippen LogP contribution in [-0.4, -0.2) is 13.2 Å². The first-order valence-electron chi connectivity index (χ1n) is 8.42. The molecule has 0 unspecified atom stereocenters. The maximum absolute atomic E-state index is 5.65. The second-order valence-corrected chi connectivity index (χ2v) is 6.37. The standard InChI is InChI=1S/C19H30O/c1-16-11-12-17(2)19(15-16)18-9-5-3-7-13-20-14-8-4-6-10-18/h11-12,15,18H,3-10,13-14H2,1-2H3. The van der Waals surface area contributed by atoms with Crippen molar-refractivity contribution in [1.82, 2.24) is 0 Å². The molecule has 1 aromatic carbocycles. The monoisotopic (exact) mass is 274 g/mol. The minimum absolute atomic E-state index is 0.773. The first-order chi connectivity index (χ1) is 9.77. The number of hydrogen-bond donors (Lipinski definition) is 0. The van der Waals surface area contributed by atoms with Crippen molar-refractivity contribution in [2.75, 3.05) is 13.2 Å². The summed E-state index contributed by atoms with van der Waals surface area (Å²) < 4.78 is 5.65. The van der Waals surface area contributed by atoms with E-state index in [-0.39, 0.29) is 0 Å². The van der Waals surface area contributed by atoms with Crippen LogP contribution in [0.25, 0.3) is 0 Å². The molecule has 0 bridgehead atoms. The van der Waals surface area contributed by atoms with Crippen molar-refractivity contribution >= 4 is 0 Å². The van der Waals surface area contributed by atoms with Gasteiger partial charge in [0.25, 0.3) is 0 Å². The highest BCUT2D eigenvalue weighted by molar-refractivity contribution is 5.33. The van der Waals surface area contributed by atoms with Crippen LogP contribution in [0.3, 0.4) is 0 Å². The highest BCUT2D eigenvalue weighted by Crippen LogP contribution is 2.31. The lowest BCUT2D eigenvalue weighted by atomic mass is 9.85. The van der Waals surface area contributed by atoms with Crippen LogP contribution in [0.15, 0.2) is 18.2 Å². The lowest BCUT2D eigenvalue weighted by Crippen LogP contribution is -2.05. The van der Waals surface area contributed by atoms with E-state index in [4.69, 9.17) is 4.74 Å². The van der Waals surface area contributed by atoms with Gasteiger partial charge in [-0.05, 0) is 56.6 Å². The normalized spacial score (nSPS) is 20.1. The Bertz CT molecular complexity index is 385. The molecule has 1 aromatic rings. The van der Waals surface area contributed by atoms with Crippen LogP contribution >= 0.6 is 0 Å². The predicted molar refractivity (Wildman–Crippen MR) is 86.4 cm³/mol. The van der Waals surface area contributed by atoms with E-state index in [1.165, 1.54) is 62.5 Å². The molecule has 20 heavy (non-hydrogen) atoms. The van der Waals surface area contributed by atoms with Crippen LogP contribution in [0, 0.1) is 13.8 Å². The van der Waals surface area contributed by atoms with E-state index >= 15 is 0 Å². The maximum Gasteiger partial charge on any atom is 0.0466 e. The Morgan fingerprint density at radius 3 is 2.15 bits per heavy atom. The number of rotatable bonds is 1. The summed E-state index contributed by atoms with van der Waals surface area (Å²) in [5, 5.41) is 0. The van der Waals surface area contributed by atoms with Gasteiger partial charge in [0.05, 0.1) is 0 Å². The van der Waals surface area contributed by atoms with E-state index in [1.54, 1.807) is 5.56 Å². The Labute approximate surface area is 124 Å². The van der Waals surface area contributed by atoms with Gasteiger partial charge in [-0.1, -0.05) is 49.4 Å². The molecule has 0 spiro atoms. The summed E-state index contributed by atoms with van der Waals surface area (Å²) in [7, 11) is 0. The van der Waals surface area contributed by atoms with E-state index in [1.807, 2.05) is 0 Å². The third-order valence-electron chi connectivity index (χ3n) is 4.56. The van der Waals surface area contributed by atoms with Crippen LogP contribution in [0.4, 0.5) is 0 Å². The summed E-state index contributed by atoms with van der Waals surface area (Å²) >= 11 is 0. The Morgan fingerprint density at radius 2 is 1.50 bits per heavy atom. The molecule has 1 fully saturated rings. The highest BCUT2D eigenvalue weighted by Gasteiger charge is 2.14. The largest absolute Gasteiger partial charge is 0.381 e. The Morgan fingerprint density at radius 1 is 0.850 bits per heavy atom. The topological polar surface area (TPSA) is 9.23 Å². The zero-order chi connectivity index (χ0) is 14.2. The van der Waals surface area contributed by atoms with E-state index in [9.17, 15) is 0 Å². The third kappa shape index (κ3) is 4.94. The van der Waals surface area contributed by atoms with Gasteiger partial charge >= 0.3 is 0 Å². The average molecular weight is 274 g/mol. The lowest BCUT2D eigenvalue weighted by molar-refractivity contribution is 0.124. The van der Waals surface area contributed by atoms with Crippen LogP contribution in [0.2, 0.25) is 0 Å². The summed E-state index contributed by atoms with van der Waals surface area (Å²) in [4.78, 5) is 0. The van der Waals surface area contributed by atoms with Crippen LogP contribution in [0.1, 0.15) is 74.0 Å². The van der Waals surface area contributed by atoms with Gasteiger partial charge in [-0.25, -0.2) is 0 Å². The van der Waals surface area contributed by atoms with Crippen molar-refractivity contribution in [1.29, 1.82) is 0 Å². The fraction of sp³-hybridized carbons (Fsp3) is 0.684. The van der Waals surface area contributed by atoms with Gasteiger partial charge < -0.3 is 4.74 Å². The van der Waals surface area contributed by atoms with Crippen molar-refractivity contribution in [3.63, 3.8) is 0 Å². The number of benzene rings is 1. The summed E-state index contributed by atoms with van der Waals surface area (Å²) in [6, 6.07) is 6.97. The first-order valence-corrected chi connectivity index (χ1v) is 8.42. The van der Waals surface area contributed by atoms with E-state index in [2.05, 4.69) is 32.0 Å². The lowest BCUT2D eigenvalue weighted by Gasteiger charge is -2.21. The molecule has 1 saturated heterocycles. The van der Waals surface area contributed by atoms with Gasteiger partial charge in [-0.2, -0.15) is 0 Å². The Hall–Kier alpha value is -0.820. The van der Waals surface area contributed by atoms with Crippen molar-refractivity contribution < 1.29 is 4.74 Å². The van der Waals surface area contributed by atoms with Gasteiger partial charge in [-0.15, -0.1) is 0 Å². The molecule has 2 rings (SSSR count). The van der Waals surface area contributed by atoms with Crippen LogP contribution < -0.4 is 0 Å². The SMILES string of the molecule is Cc1ccc(C)c(C2CCCCCOCCCCC2)c1. The van der Waals surface area contributed by atoms with Gasteiger partial charge in [0.15, 0.2) is 0 Å². The first kappa shape index (κ1) is 15.6. The summed E-state index contributed by atoms with van der Waals surface area (Å²) in [6.07, 6.45) is 10.5. The van der Waals surface area contributed by atoms with Crippen molar-refractivity contribution in [3.8, 4) is 0 Å². The second-order valence-electron chi connectivity index (χ2n) is 6.37. The predicted octanol–water partition coefficient (Wildman–Crippen LogP) is 5.54. The maximum atomic E-state index is 5.65. The zero-order valence-electron chi connectivity index (χ0n) is 13.3. The molecular weight excluding hydrogens is 244 g/mol. The van der Waals surface area contributed by atoms with Crippen LogP contribution in [-0.2, 0) is 4.74 Å². The van der Waals surface area contributed by atoms with Gasteiger partial charge in [0, 0.05) is 13.2 Å². The van der Waals surface area contributed by atoms with Gasteiger partial charge in [0.2, 0.25) is 0 Å². The van der Waals surface area contributed by atoms with E-state index < -0.39 is 0 Å². The van der Waals surface area contributed by atoms with E-state index in [0.29, 0.717) is 0 Å². The fourth-order valence-electron chi connectivity index (χ4n) is 3.30. The minimum atomic E-state index is 0.773. The van der Waals surface area contributed by atoms with Gasteiger partial charge in [-0.3, -0.25) is 0 Å². The highest BCUT2D eigenvalue weighted by atomic mass is 16.5. The number of hydrogen-bond acceptors (Lipinski definition) is 1. The molecule has 0 N–H and O–H groups in total. The Kier molecular flexibility index (Phi) is 6.59. The minimum Gasteiger partial charge on any atom is -0.381 e. The van der Waals surface area contributed by atoms with Crippen molar-refractivity contribution in [2.24, 2.45) is 0 Å². The summed E-state index contributed by atoms with van der Waals surface area (Å²) in [6.45, 7) is 6.43. The molecular formula is C19H30O. The summed E-state index contributed by atoms with van der Waals surface area (Å²) in [5.41, 5.74) is 4.50. The van der Waals surface area contributed by atoms with Crippen LogP contribution in [0.5, 0.6) is 0 Å². The molecule has 1 aliphatic heterocycles. The van der Waals surface area contributed by atoms with E-state index in [0.717, 1.165) is 19.1 Å². The molecule has 0 atom stereocenters. The molecule has 0 aromatic heterocycles. The van der Waals surface area contributed by atoms with Crippen molar-refractivity contribution in [3.05, 3.63) is 34.9 Å². The molecule has 0 amide bonds. The smallest absolute Gasteiger partial charge is 0.0466 e. The Balaban J connectivity index is 2.02. The molecule has 0 aliphatic carbocycles. The summed E-state index contributed by atoms with van der Waals surface area (Å²) in [5.74, 6) is 0.773. The molecule has 0 radical (unpaired) electrons. The molecule has 1 nitrogen and oxygen atoms in total. The number of aryl methyl sites for hydroxylation is 2. The molecule has 112 valence electrons. The third-order valence-corrected chi connectivity index (χ3v) is 4.56. The average Bonchev–Trinajstić information content (AvgIpc) is 2.42. The molecule has 1 heteroatoms. The van der Waals surface area contributed by atoms with Crippen molar-refractivity contribution in [2.45, 2.75) is 71.1 Å².